The Balaban J connectivity index is 2.01. The van der Waals surface area contributed by atoms with Crippen LogP contribution in [0, 0.1) is 11.3 Å². The molecule has 1 saturated carbocycles. The molecule has 0 saturated heterocycles. The standard InChI is InChI=1S/C13H18N2O/c1-2-11(7-8-14)15(12-5-6-12)10-13-4-3-9-16-13/h3-4,9,11-12H,2,5-7,10H2,1H3. The fraction of sp³-hybridized carbons (Fsp3) is 0.615. The van der Waals surface area contributed by atoms with Gasteiger partial charge in [0, 0.05) is 12.1 Å². The van der Waals surface area contributed by atoms with Gasteiger partial charge in [-0.2, -0.15) is 5.26 Å². The van der Waals surface area contributed by atoms with Crippen molar-refractivity contribution >= 4 is 0 Å². The number of hydrogen-bond donors (Lipinski definition) is 0. The molecule has 1 heterocycles. The molecule has 0 aromatic carbocycles. The van der Waals surface area contributed by atoms with Crippen LogP contribution in [-0.2, 0) is 6.54 Å². The van der Waals surface area contributed by atoms with E-state index < -0.39 is 0 Å². The molecule has 16 heavy (non-hydrogen) atoms. The number of hydrogen-bond acceptors (Lipinski definition) is 3. The van der Waals surface area contributed by atoms with Gasteiger partial charge in [-0.15, -0.1) is 0 Å². The molecule has 86 valence electrons. The maximum absolute atomic E-state index is 8.84. The highest BCUT2D eigenvalue weighted by molar-refractivity contribution is 5.01. The van der Waals surface area contributed by atoms with Gasteiger partial charge in [0.05, 0.1) is 25.3 Å². The summed E-state index contributed by atoms with van der Waals surface area (Å²) in [6.07, 6.45) is 5.90. The van der Waals surface area contributed by atoms with Gasteiger partial charge in [0.25, 0.3) is 0 Å². The molecule has 0 N–H and O–H groups in total. The molecule has 0 spiro atoms. The predicted octanol–water partition coefficient (Wildman–Crippen LogP) is 2.94. The summed E-state index contributed by atoms with van der Waals surface area (Å²) in [4.78, 5) is 2.43. The van der Waals surface area contributed by atoms with Gasteiger partial charge in [0.1, 0.15) is 5.76 Å². The minimum Gasteiger partial charge on any atom is -0.468 e. The van der Waals surface area contributed by atoms with Crippen LogP contribution < -0.4 is 0 Å². The molecule has 1 aliphatic rings. The molecule has 0 amide bonds. The van der Waals surface area contributed by atoms with Gasteiger partial charge >= 0.3 is 0 Å². The third-order valence-corrected chi connectivity index (χ3v) is 3.20. The summed E-state index contributed by atoms with van der Waals surface area (Å²) >= 11 is 0. The summed E-state index contributed by atoms with van der Waals surface area (Å²) in [5.74, 6) is 1.00. The van der Waals surface area contributed by atoms with Crippen molar-refractivity contribution < 1.29 is 4.42 Å². The molecule has 1 aliphatic carbocycles. The van der Waals surface area contributed by atoms with Gasteiger partial charge < -0.3 is 4.42 Å². The van der Waals surface area contributed by atoms with Crippen LogP contribution in [0.3, 0.4) is 0 Å². The van der Waals surface area contributed by atoms with Crippen molar-refractivity contribution in [2.45, 2.75) is 51.2 Å². The largest absolute Gasteiger partial charge is 0.468 e. The highest BCUT2D eigenvalue weighted by Gasteiger charge is 2.33. The molecule has 0 aliphatic heterocycles. The van der Waals surface area contributed by atoms with Crippen LogP contribution in [0.5, 0.6) is 0 Å². The number of nitriles is 1. The van der Waals surface area contributed by atoms with Crippen LogP contribution in [0.1, 0.15) is 38.4 Å². The van der Waals surface area contributed by atoms with E-state index in [1.165, 1.54) is 12.8 Å². The summed E-state index contributed by atoms with van der Waals surface area (Å²) in [6.45, 7) is 3.00. The Labute approximate surface area is 96.7 Å². The van der Waals surface area contributed by atoms with Crippen LogP contribution in [0.25, 0.3) is 0 Å². The Morgan fingerprint density at radius 3 is 2.94 bits per heavy atom. The fourth-order valence-corrected chi connectivity index (χ4v) is 2.15. The third kappa shape index (κ3) is 2.65. The molecule has 0 radical (unpaired) electrons. The van der Waals surface area contributed by atoms with Gasteiger partial charge in [-0.05, 0) is 31.4 Å². The van der Waals surface area contributed by atoms with Crippen molar-refractivity contribution in [2.24, 2.45) is 0 Å². The van der Waals surface area contributed by atoms with Crippen molar-refractivity contribution in [3.63, 3.8) is 0 Å². The molecule has 1 fully saturated rings. The summed E-state index contributed by atoms with van der Waals surface area (Å²) < 4.78 is 5.39. The first-order chi connectivity index (χ1) is 7.85. The van der Waals surface area contributed by atoms with Crippen LogP contribution in [0.2, 0.25) is 0 Å². The number of rotatable bonds is 6. The molecule has 3 nitrogen and oxygen atoms in total. The van der Waals surface area contributed by atoms with E-state index in [0.29, 0.717) is 18.5 Å². The van der Waals surface area contributed by atoms with Gasteiger partial charge in [-0.3, -0.25) is 4.90 Å². The Hall–Kier alpha value is -1.27. The zero-order chi connectivity index (χ0) is 11.4. The minimum absolute atomic E-state index is 0.377. The minimum atomic E-state index is 0.377. The summed E-state index contributed by atoms with van der Waals surface area (Å²) in [5, 5.41) is 8.84. The van der Waals surface area contributed by atoms with Crippen LogP contribution >= 0.6 is 0 Å². The first-order valence-electron chi connectivity index (χ1n) is 6.00. The second-order valence-electron chi connectivity index (χ2n) is 4.41. The van der Waals surface area contributed by atoms with E-state index in [1.807, 2.05) is 12.1 Å². The Morgan fingerprint density at radius 1 is 1.62 bits per heavy atom. The normalized spacial score (nSPS) is 17.3. The molecule has 1 aromatic rings. The van der Waals surface area contributed by atoms with E-state index >= 15 is 0 Å². The molecule has 2 rings (SSSR count). The summed E-state index contributed by atoms with van der Waals surface area (Å²) in [6, 6.07) is 7.27. The molecule has 1 atom stereocenters. The lowest BCUT2D eigenvalue weighted by atomic mass is 10.1. The van der Waals surface area contributed by atoms with E-state index in [0.717, 1.165) is 18.7 Å². The lowest BCUT2D eigenvalue weighted by Gasteiger charge is -2.28. The van der Waals surface area contributed by atoms with Crippen molar-refractivity contribution in [2.75, 3.05) is 0 Å². The van der Waals surface area contributed by atoms with E-state index in [2.05, 4.69) is 17.9 Å². The second-order valence-corrected chi connectivity index (χ2v) is 4.41. The van der Waals surface area contributed by atoms with Gasteiger partial charge in [0.15, 0.2) is 0 Å². The SMILES string of the molecule is CCC(CC#N)N(Cc1ccco1)C1CC1. The maximum atomic E-state index is 8.84. The quantitative estimate of drug-likeness (QED) is 0.737. The lowest BCUT2D eigenvalue weighted by molar-refractivity contribution is 0.161. The highest BCUT2D eigenvalue weighted by atomic mass is 16.3. The third-order valence-electron chi connectivity index (χ3n) is 3.20. The molecule has 0 bridgehead atoms. The highest BCUT2D eigenvalue weighted by Crippen LogP contribution is 2.31. The Bertz CT molecular complexity index is 349. The molecule has 3 heteroatoms. The topological polar surface area (TPSA) is 40.2 Å². The zero-order valence-electron chi connectivity index (χ0n) is 9.72. The Kier molecular flexibility index (Phi) is 3.63. The van der Waals surface area contributed by atoms with Crippen LogP contribution in [0.4, 0.5) is 0 Å². The van der Waals surface area contributed by atoms with Crippen molar-refractivity contribution in [1.29, 1.82) is 5.26 Å². The van der Waals surface area contributed by atoms with E-state index in [9.17, 15) is 0 Å². The smallest absolute Gasteiger partial charge is 0.117 e. The van der Waals surface area contributed by atoms with Crippen LogP contribution in [0.15, 0.2) is 22.8 Å². The molecular weight excluding hydrogens is 200 g/mol. The fourth-order valence-electron chi connectivity index (χ4n) is 2.15. The summed E-state index contributed by atoms with van der Waals surface area (Å²) in [7, 11) is 0. The predicted molar refractivity (Wildman–Crippen MR) is 61.6 cm³/mol. The van der Waals surface area contributed by atoms with Gasteiger partial charge in [-0.1, -0.05) is 6.92 Å². The van der Waals surface area contributed by atoms with Crippen molar-refractivity contribution in [3.05, 3.63) is 24.2 Å². The van der Waals surface area contributed by atoms with Gasteiger partial charge in [0.2, 0.25) is 0 Å². The summed E-state index contributed by atoms with van der Waals surface area (Å²) in [5.41, 5.74) is 0. The molecule has 1 aromatic heterocycles. The number of furan rings is 1. The average molecular weight is 218 g/mol. The van der Waals surface area contributed by atoms with E-state index in [4.69, 9.17) is 9.68 Å². The van der Waals surface area contributed by atoms with Gasteiger partial charge in [-0.25, -0.2) is 0 Å². The van der Waals surface area contributed by atoms with Crippen LogP contribution in [-0.4, -0.2) is 17.0 Å². The maximum Gasteiger partial charge on any atom is 0.117 e. The first-order valence-corrected chi connectivity index (χ1v) is 6.00. The molecule has 1 unspecified atom stereocenters. The average Bonchev–Trinajstić information content (AvgIpc) is 3.01. The monoisotopic (exact) mass is 218 g/mol. The van der Waals surface area contributed by atoms with E-state index in [-0.39, 0.29) is 0 Å². The van der Waals surface area contributed by atoms with E-state index in [1.54, 1.807) is 6.26 Å². The Morgan fingerprint density at radius 2 is 2.44 bits per heavy atom. The molecular formula is C13H18N2O. The first kappa shape index (κ1) is 11.2. The lowest BCUT2D eigenvalue weighted by Crippen LogP contribution is -2.35. The number of nitrogens with zero attached hydrogens (tertiary/aromatic N) is 2. The van der Waals surface area contributed by atoms with Crippen molar-refractivity contribution in [1.82, 2.24) is 4.90 Å². The zero-order valence-corrected chi connectivity index (χ0v) is 9.72. The van der Waals surface area contributed by atoms with Crippen molar-refractivity contribution in [3.8, 4) is 6.07 Å². The second kappa shape index (κ2) is 5.18.